The van der Waals surface area contributed by atoms with E-state index in [0.717, 1.165) is 25.3 Å². The van der Waals surface area contributed by atoms with E-state index in [1.165, 1.54) is 0 Å². The number of amides is 1. The molecule has 0 aromatic rings. The molecule has 1 N–H and O–H groups in total. The van der Waals surface area contributed by atoms with Crippen molar-refractivity contribution in [3.05, 3.63) is 12.2 Å². The molecule has 0 heterocycles. The molecule has 0 aliphatic carbocycles. The Bertz CT molecular complexity index is 319. The Morgan fingerprint density at radius 3 is 2.05 bits per heavy atom. The van der Waals surface area contributed by atoms with E-state index in [4.69, 9.17) is 13.3 Å². The second-order valence-corrected chi connectivity index (χ2v) is 8.71. The van der Waals surface area contributed by atoms with Gasteiger partial charge in [-0.2, -0.15) is 0 Å². The van der Waals surface area contributed by atoms with Crippen LogP contribution < -0.4 is 5.32 Å². The molecule has 0 spiro atoms. The molecule has 0 aliphatic heterocycles. The Hall–Kier alpha value is -0.693. The lowest BCUT2D eigenvalue weighted by Gasteiger charge is -2.28. The molecule has 5 nitrogen and oxygen atoms in total. The highest BCUT2D eigenvalue weighted by molar-refractivity contribution is 6.60. The Morgan fingerprint density at radius 1 is 1.15 bits per heavy atom. The average Bonchev–Trinajstić information content (AvgIpc) is 2.39. The molecule has 0 atom stereocenters. The van der Waals surface area contributed by atoms with Crippen LogP contribution in [-0.4, -0.2) is 41.6 Å². The molecule has 1 amide bonds. The van der Waals surface area contributed by atoms with Crippen LogP contribution in [0, 0.1) is 0 Å². The number of unbranched alkanes of at least 4 members (excludes halogenated alkanes) is 1. The fraction of sp³-hybridized carbons (Fsp3) is 0.786. The lowest BCUT2D eigenvalue weighted by molar-refractivity contribution is -0.119. The molecule has 0 aromatic heterocycles. The van der Waals surface area contributed by atoms with Gasteiger partial charge in [-0.1, -0.05) is 13.0 Å². The van der Waals surface area contributed by atoms with Gasteiger partial charge in [0.1, 0.15) is 0 Å². The fourth-order valence-corrected chi connectivity index (χ4v) is 3.74. The number of nitrogens with one attached hydrogen (secondary N) is 1. The molecule has 0 saturated carbocycles. The molecule has 0 radical (unpaired) electrons. The van der Waals surface area contributed by atoms with E-state index < -0.39 is 8.80 Å². The van der Waals surface area contributed by atoms with Gasteiger partial charge < -0.3 is 18.6 Å². The van der Waals surface area contributed by atoms with Crippen LogP contribution in [-0.2, 0) is 18.1 Å². The normalized spacial score (nSPS) is 12.3. The molecule has 0 saturated heterocycles. The molecular weight excluding hydrogens is 274 g/mol. The Morgan fingerprint density at radius 2 is 1.65 bits per heavy atom. The van der Waals surface area contributed by atoms with E-state index in [1.807, 2.05) is 13.8 Å². The Balaban J connectivity index is 4.16. The first-order valence-corrected chi connectivity index (χ1v) is 8.78. The minimum absolute atomic E-state index is 0.0932. The second-order valence-electron chi connectivity index (χ2n) is 5.62. The lowest BCUT2D eigenvalue weighted by Crippen LogP contribution is -2.44. The molecule has 0 rings (SSSR count). The van der Waals surface area contributed by atoms with Gasteiger partial charge in [-0.25, -0.2) is 0 Å². The molecule has 6 heteroatoms. The molecule has 20 heavy (non-hydrogen) atoms. The monoisotopic (exact) mass is 303 g/mol. The third-order valence-corrected chi connectivity index (χ3v) is 6.14. The van der Waals surface area contributed by atoms with Crippen molar-refractivity contribution >= 4 is 14.7 Å². The van der Waals surface area contributed by atoms with Gasteiger partial charge in [-0.3, -0.25) is 4.79 Å². The van der Waals surface area contributed by atoms with Crippen molar-refractivity contribution < 1.29 is 18.1 Å². The maximum absolute atomic E-state index is 11.6. The van der Waals surface area contributed by atoms with Gasteiger partial charge >= 0.3 is 8.80 Å². The quantitative estimate of drug-likeness (QED) is 0.383. The topological polar surface area (TPSA) is 56.8 Å². The highest BCUT2D eigenvalue weighted by atomic mass is 28.4. The van der Waals surface area contributed by atoms with Crippen LogP contribution in [0.5, 0.6) is 0 Å². The lowest BCUT2D eigenvalue weighted by atomic mass is 9.97. The first-order valence-electron chi connectivity index (χ1n) is 6.85. The third-order valence-electron chi connectivity index (χ3n) is 3.31. The zero-order chi connectivity index (χ0) is 15.8. The van der Waals surface area contributed by atoms with E-state index in [2.05, 4.69) is 11.9 Å². The van der Waals surface area contributed by atoms with Crippen molar-refractivity contribution in [1.29, 1.82) is 0 Å². The van der Waals surface area contributed by atoms with Gasteiger partial charge in [-0.05, 0) is 33.6 Å². The van der Waals surface area contributed by atoms with Crippen LogP contribution in [0.25, 0.3) is 0 Å². The van der Waals surface area contributed by atoms with Gasteiger partial charge in [0, 0.05) is 38.5 Å². The summed E-state index contributed by atoms with van der Waals surface area (Å²) in [6, 6.07) is 0.779. The van der Waals surface area contributed by atoms with E-state index in [0.29, 0.717) is 5.57 Å². The number of hydrogen-bond acceptors (Lipinski definition) is 4. The van der Waals surface area contributed by atoms with Crippen LogP contribution in [0.4, 0.5) is 0 Å². The van der Waals surface area contributed by atoms with Crippen LogP contribution in [0.3, 0.4) is 0 Å². The first-order chi connectivity index (χ1) is 9.22. The summed E-state index contributed by atoms with van der Waals surface area (Å²) in [5, 5.41) is 2.97. The first kappa shape index (κ1) is 19.3. The molecule has 0 aliphatic rings. The molecule has 0 bridgehead atoms. The summed E-state index contributed by atoms with van der Waals surface area (Å²) in [4.78, 5) is 11.6. The SMILES string of the molecule is C=C(C)C(=O)NC(C)(C)CCCC[Si](OC)(OC)OC. The summed E-state index contributed by atoms with van der Waals surface area (Å²) in [5.41, 5.74) is 0.288. The number of hydrogen-bond donors (Lipinski definition) is 1. The van der Waals surface area contributed by atoms with Crippen LogP contribution in [0.2, 0.25) is 6.04 Å². The maximum atomic E-state index is 11.6. The highest BCUT2D eigenvalue weighted by Crippen LogP contribution is 2.20. The van der Waals surface area contributed by atoms with Gasteiger partial charge in [0.15, 0.2) is 0 Å². The molecule has 118 valence electrons. The third kappa shape index (κ3) is 6.65. The van der Waals surface area contributed by atoms with Crippen molar-refractivity contribution in [3.63, 3.8) is 0 Å². The number of carbonyl (C=O) groups is 1. The van der Waals surface area contributed by atoms with Gasteiger partial charge in [0.25, 0.3) is 0 Å². The van der Waals surface area contributed by atoms with Crippen molar-refractivity contribution in [3.8, 4) is 0 Å². The molecule has 0 aromatic carbocycles. The summed E-state index contributed by atoms with van der Waals surface area (Å²) in [6.07, 6.45) is 2.79. The largest absolute Gasteiger partial charge is 0.500 e. The summed E-state index contributed by atoms with van der Waals surface area (Å²) < 4.78 is 16.1. The van der Waals surface area contributed by atoms with Crippen LogP contribution in [0.15, 0.2) is 12.2 Å². The zero-order valence-electron chi connectivity index (χ0n) is 13.7. The summed E-state index contributed by atoms with van der Waals surface area (Å²) in [6.45, 7) is 9.39. The maximum Gasteiger partial charge on any atom is 0.500 e. The van der Waals surface area contributed by atoms with Gasteiger partial charge in [-0.15, -0.1) is 0 Å². The molecule has 0 unspecified atom stereocenters. The Kier molecular flexibility index (Phi) is 8.27. The van der Waals surface area contributed by atoms with Crippen molar-refractivity contribution in [2.45, 2.75) is 51.6 Å². The van der Waals surface area contributed by atoms with Crippen molar-refractivity contribution in [2.24, 2.45) is 0 Å². The van der Waals surface area contributed by atoms with E-state index in [1.54, 1.807) is 28.3 Å². The summed E-state index contributed by atoms with van der Waals surface area (Å²) in [5.74, 6) is -0.0932. The van der Waals surface area contributed by atoms with E-state index >= 15 is 0 Å². The second kappa shape index (κ2) is 8.56. The smallest absolute Gasteiger partial charge is 0.377 e. The Labute approximate surface area is 124 Å². The van der Waals surface area contributed by atoms with Crippen molar-refractivity contribution in [1.82, 2.24) is 5.32 Å². The predicted molar refractivity (Wildman–Crippen MR) is 82.5 cm³/mol. The van der Waals surface area contributed by atoms with Crippen LogP contribution in [0.1, 0.15) is 40.0 Å². The van der Waals surface area contributed by atoms with Crippen molar-refractivity contribution in [2.75, 3.05) is 21.3 Å². The van der Waals surface area contributed by atoms with E-state index in [9.17, 15) is 4.79 Å². The minimum atomic E-state index is -2.47. The van der Waals surface area contributed by atoms with E-state index in [-0.39, 0.29) is 11.4 Å². The van der Waals surface area contributed by atoms with Gasteiger partial charge in [0.2, 0.25) is 5.91 Å². The molecule has 0 fully saturated rings. The van der Waals surface area contributed by atoms with Crippen LogP contribution >= 0.6 is 0 Å². The molecular formula is C14H29NO4Si. The number of rotatable bonds is 10. The summed E-state index contributed by atoms with van der Waals surface area (Å²) >= 11 is 0. The fourth-order valence-electron chi connectivity index (χ4n) is 1.94. The zero-order valence-corrected chi connectivity index (χ0v) is 14.7. The standard InChI is InChI=1S/C14H29NO4Si/c1-12(2)13(16)15-14(3,4)10-8-9-11-20(17-5,18-6)19-7/h1,8-11H2,2-7H3,(H,15,16). The predicted octanol–water partition coefficient (Wildman–Crippen LogP) is 2.51. The van der Waals surface area contributed by atoms with Gasteiger partial charge in [0.05, 0.1) is 0 Å². The highest BCUT2D eigenvalue weighted by Gasteiger charge is 2.37. The number of carbonyl (C=O) groups excluding carboxylic acids is 1. The minimum Gasteiger partial charge on any atom is -0.377 e. The summed E-state index contributed by atoms with van der Waals surface area (Å²) in [7, 11) is 2.40. The average molecular weight is 303 g/mol.